The van der Waals surface area contributed by atoms with Crippen LogP contribution in [0.1, 0.15) is 12.0 Å². The summed E-state index contributed by atoms with van der Waals surface area (Å²) in [5.41, 5.74) is 7.22. The number of aromatic nitrogens is 1. The van der Waals surface area contributed by atoms with Gasteiger partial charge in [-0.05, 0) is 36.2 Å². The first-order valence-electron chi connectivity index (χ1n) is 8.62. The van der Waals surface area contributed by atoms with E-state index in [0.29, 0.717) is 25.3 Å². The summed E-state index contributed by atoms with van der Waals surface area (Å²) >= 11 is 0. The fourth-order valence-electron chi connectivity index (χ4n) is 2.50. The number of nitrogens with zero attached hydrogens (tertiary/aromatic N) is 1. The highest BCUT2D eigenvalue weighted by atomic mass is 16.5. The van der Waals surface area contributed by atoms with Crippen LogP contribution >= 0.6 is 0 Å². The van der Waals surface area contributed by atoms with Gasteiger partial charge in [-0.1, -0.05) is 30.3 Å². The van der Waals surface area contributed by atoms with E-state index in [4.69, 9.17) is 15.2 Å². The van der Waals surface area contributed by atoms with Gasteiger partial charge in [0.15, 0.2) is 0 Å². The molecule has 0 aliphatic heterocycles. The summed E-state index contributed by atoms with van der Waals surface area (Å²) < 4.78 is 12.2. The Hall–Kier alpha value is -3.48. The molecular formula is C20H21N3O4. The van der Waals surface area contributed by atoms with Crippen LogP contribution in [0.2, 0.25) is 0 Å². The van der Waals surface area contributed by atoms with Gasteiger partial charge in [-0.2, -0.15) is 0 Å². The number of nitrogen functional groups attached to an aromatic ring is 1. The Balaban J connectivity index is 1.40. The average Bonchev–Trinajstić information content (AvgIpc) is 2.70. The second-order valence-corrected chi connectivity index (χ2v) is 5.94. The number of rotatable bonds is 7. The highest BCUT2D eigenvalue weighted by Gasteiger charge is 2.04. The minimum atomic E-state index is -0.466. The number of pyridine rings is 2. The number of alkyl carbamates (subject to hydrolysis) is 1. The van der Waals surface area contributed by atoms with Gasteiger partial charge in [0.25, 0.3) is 5.56 Å². The first-order chi connectivity index (χ1) is 13.1. The van der Waals surface area contributed by atoms with E-state index in [1.54, 1.807) is 30.5 Å². The summed E-state index contributed by atoms with van der Waals surface area (Å²) in [7, 11) is 0. The fraction of sp³-hybridized carbons (Fsp3) is 0.200. The molecule has 3 aromatic rings. The van der Waals surface area contributed by atoms with Crippen LogP contribution < -0.4 is 21.3 Å². The summed E-state index contributed by atoms with van der Waals surface area (Å²) in [4.78, 5) is 23.7. The molecule has 0 radical (unpaired) electrons. The molecule has 0 aliphatic carbocycles. The Labute approximate surface area is 156 Å². The van der Waals surface area contributed by atoms with Gasteiger partial charge in [0.05, 0.1) is 18.5 Å². The molecule has 0 saturated carbocycles. The second kappa shape index (κ2) is 8.75. The predicted molar refractivity (Wildman–Crippen MR) is 103 cm³/mol. The summed E-state index contributed by atoms with van der Waals surface area (Å²) in [5, 5.41) is 2.67. The van der Waals surface area contributed by atoms with E-state index in [1.165, 1.54) is 4.40 Å². The number of nitrogens with two attached hydrogens (primary N) is 1. The quantitative estimate of drug-likeness (QED) is 0.626. The standard InChI is InChI=1S/C20H21N3O4/c21-18-10-8-16-7-9-17(13-23(16)19(18)24)26-12-4-11-22-20(25)27-14-15-5-2-1-3-6-15/h1-3,5-10,13H,4,11-12,14,21H2,(H,22,25). The molecular weight excluding hydrogens is 346 g/mol. The maximum atomic E-state index is 12.0. The molecule has 0 atom stereocenters. The number of carbonyl (C=O) groups excluding carboxylic acids is 1. The van der Waals surface area contributed by atoms with E-state index in [9.17, 15) is 9.59 Å². The van der Waals surface area contributed by atoms with Crippen molar-refractivity contribution in [3.63, 3.8) is 0 Å². The molecule has 2 aromatic heterocycles. The Kier molecular flexibility index (Phi) is 5.94. The zero-order chi connectivity index (χ0) is 19.1. The van der Waals surface area contributed by atoms with Crippen LogP contribution in [0.4, 0.5) is 10.5 Å². The first kappa shape index (κ1) is 18.3. The third-order valence-electron chi connectivity index (χ3n) is 3.92. The smallest absolute Gasteiger partial charge is 0.407 e. The van der Waals surface area contributed by atoms with E-state index in [1.807, 2.05) is 30.3 Å². The van der Waals surface area contributed by atoms with E-state index in [-0.39, 0.29) is 17.9 Å². The Bertz CT molecular complexity index is 970. The minimum Gasteiger partial charge on any atom is -0.492 e. The zero-order valence-corrected chi connectivity index (χ0v) is 14.8. The molecule has 27 heavy (non-hydrogen) atoms. The molecule has 0 spiro atoms. The van der Waals surface area contributed by atoms with Crippen LogP contribution in [-0.2, 0) is 11.3 Å². The lowest BCUT2D eigenvalue weighted by molar-refractivity contribution is 0.139. The molecule has 0 fully saturated rings. The topological polar surface area (TPSA) is 95.1 Å². The molecule has 2 heterocycles. The van der Waals surface area contributed by atoms with Gasteiger partial charge in [-0.3, -0.25) is 9.20 Å². The maximum Gasteiger partial charge on any atom is 0.407 e. The van der Waals surface area contributed by atoms with Gasteiger partial charge >= 0.3 is 6.09 Å². The molecule has 7 heteroatoms. The summed E-state index contributed by atoms with van der Waals surface area (Å²) in [6.45, 7) is 1.05. The van der Waals surface area contributed by atoms with Crippen molar-refractivity contribution in [3.05, 3.63) is 76.7 Å². The molecule has 0 saturated heterocycles. The Morgan fingerprint density at radius 1 is 1.07 bits per heavy atom. The zero-order valence-electron chi connectivity index (χ0n) is 14.8. The van der Waals surface area contributed by atoms with E-state index >= 15 is 0 Å². The summed E-state index contributed by atoms with van der Waals surface area (Å²) in [5.74, 6) is 0.557. The van der Waals surface area contributed by atoms with Crippen LogP contribution in [0.5, 0.6) is 5.75 Å². The van der Waals surface area contributed by atoms with Gasteiger partial charge in [0.2, 0.25) is 0 Å². The number of fused-ring (bicyclic) bond motifs is 1. The lowest BCUT2D eigenvalue weighted by atomic mass is 10.2. The molecule has 0 bridgehead atoms. The normalized spacial score (nSPS) is 10.5. The van der Waals surface area contributed by atoms with Crippen molar-refractivity contribution < 1.29 is 14.3 Å². The van der Waals surface area contributed by atoms with Gasteiger partial charge in [0.1, 0.15) is 12.4 Å². The monoisotopic (exact) mass is 367 g/mol. The molecule has 0 aliphatic rings. The number of nitrogens with one attached hydrogen (secondary N) is 1. The van der Waals surface area contributed by atoms with Gasteiger partial charge < -0.3 is 20.5 Å². The largest absolute Gasteiger partial charge is 0.492 e. The van der Waals surface area contributed by atoms with Crippen molar-refractivity contribution in [1.29, 1.82) is 0 Å². The van der Waals surface area contributed by atoms with E-state index in [2.05, 4.69) is 5.32 Å². The number of hydrogen-bond acceptors (Lipinski definition) is 5. The van der Waals surface area contributed by atoms with Crippen LogP contribution in [0.15, 0.2) is 65.6 Å². The first-order valence-corrected chi connectivity index (χ1v) is 8.62. The summed E-state index contributed by atoms with van der Waals surface area (Å²) in [6, 6.07) is 16.4. The van der Waals surface area contributed by atoms with Gasteiger partial charge in [-0.15, -0.1) is 0 Å². The van der Waals surface area contributed by atoms with Crippen molar-refractivity contribution in [2.24, 2.45) is 0 Å². The van der Waals surface area contributed by atoms with Crippen molar-refractivity contribution in [2.75, 3.05) is 18.9 Å². The van der Waals surface area contributed by atoms with Crippen LogP contribution in [-0.4, -0.2) is 23.6 Å². The maximum absolute atomic E-state index is 12.0. The minimum absolute atomic E-state index is 0.183. The van der Waals surface area contributed by atoms with Crippen LogP contribution in [0.3, 0.4) is 0 Å². The number of hydrogen-bond donors (Lipinski definition) is 2. The summed E-state index contributed by atoms with van der Waals surface area (Å²) in [6.07, 6.45) is 1.74. The van der Waals surface area contributed by atoms with E-state index < -0.39 is 6.09 Å². The van der Waals surface area contributed by atoms with Crippen molar-refractivity contribution in [3.8, 4) is 5.75 Å². The van der Waals surface area contributed by atoms with Crippen LogP contribution in [0.25, 0.3) is 5.52 Å². The van der Waals surface area contributed by atoms with Gasteiger partial charge in [0, 0.05) is 12.1 Å². The predicted octanol–water partition coefficient (Wildman–Crippen LogP) is 2.58. The highest BCUT2D eigenvalue weighted by Crippen LogP contribution is 2.13. The van der Waals surface area contributed by atoms with Gasteiger partial charge in [-0.25, -0.2) is 4.79 Å². The lowest BCUT2D eigenvalue weighted by Crippen LogP contribution is -2.26. The molecule has 3 rings (SSSR count). The number of amides is 1. The number of carbonyl (C=O) groups is 1. The molecule has 3 N–H and O–H groups in total. The molecule has 140 valence electrons. The number of ether oxygens (including phenoxy) is 2. The SMILES string of the molecule is Nc1ccc2ccc(OCCCNC(=O)OCc3ccccc3)cn2c1=O. The third kappa shape index (κ3) is 5.01. The van der Waals surface area contributed by atoms with Crippen molar-refractivity contribution >= 4 is 17.3 Å². The fourth-order valence-corrected chi connectivity index (χ4v) is 2.50. The molecule has 0 unspecified atom stereocenters. The lowest BCUT2D eigenvalue weighted by Gasteiger charge is -2.09. The molecule has 7 nitrogen and oxygen atoms in total. The van der Waals surface area contributed by atoms with E-state index in [0.717, 1.165) is 11.1 Å². The molecule has 1 amide bonds. The highest BCUT2D eigenvalue weighted by molar-refractivity contribution is 5.67. The number of anilines is 1. The number of benzene rings is 1. The second-order valence-electron chi connectivity index (χ2n) is 5.94. The average molecular weight is 367 g/mol. The Morgan fingerprint density at radius 2 is 1.85 bits per heavy atom. The third-order valence-corrected chi connectivity index (χ3v) is 3.92. The van der Waals surface area contributed by atoms with Crippen molar-refractivity contribution in [2.45, 2.75) is 13.0 Å². The Morgan fingerprint density at radius 3 is 2.67 bits per heavy atom. The molecule has 1 aromatic carbocycles. The van der Waals surface area contributed by atoms with Crippen molar-refractivity contribution in [1.82, 2.24) is 9.72 Å². The van der Waals surface area contributed by atoms with Crippen LogP contribution in [0, 0.1) is 0 Å².